The Kier molecular flexibility index (Phi) is 1.51. The van der Waals surface area contributed by atoms with Crippen LogP contribution in [0.1, 0.15) is 51.9 Å². The zero-order chi connectivity index (χ0) is 7.03. The molecule has 2 saturated carbocycles. The van der Waals surface area contributed by atoms with Gasteiger partial charge in [0.15, 0.2) is 0 Å². The highest BCUT2D eigenvalue weighted by molar-refractivity contribution is 5.03. The highest BCUT2D eigenvalue weighted by Crippen LogP contribution is 2.64. The average Bonchev–Trinajstić information content (AvgIpc) is 2.43. The van der Waals surface area contributed by atoms with Gasteiger partial charge in [0, 0.05) is 0 Å². The number of rotatable bonds is 2. The molecule has 0 aliphatic heterocycles. The molecule has 2 rings (SSSR count). The van der Waals surface area contributed by atoms with E-state index in [4.69, 9.17) is 0 Å². The van der Waals surface area contributed by atoms with Crippen LogP contribution in [-0.2, 0) is 0 Å². The molecule has 2 aliphatic rings. The van der Waals surface area contributed by atoms with Gasteiger partial charge in [-0.05, 0) is 30.6 Å². The van der Waals surface area contributed by atoms with Crippen LogP contribution in [0, 0.1) is 11.3 Å². The van der Waals surface area contributed by atoms with Crippen molar-refractivity contribution in [2.24, 2.45) is 11.3 Å². The third-order valence-electron chi connectivity index (χ3n) is 3.60. The molecule has 2 aliphatic carbocycles. The largest absolute Gasteiger partial charge is 0.0654 e. The van der Waals surface area contributed by atoms with E-state index in [0.29, 0.717) is 0 Å². The standard InChI is InChI=1S/C10H18/c1-2-5-9-8-10(9)6-3-4-7-10/h9H,2-8H2,1H3. The summed E-state index contributed by atoms with van der Waals surface area (Å²) in [7, 11) is 0. The van der Waals surface area contributed by atoms with Crippen molar-refractivity contribution in [1.82, 2.24) is 0 Å². The summed E-state index contributed by atoms with van der Waals surface area (Å²) in [5, 5.41) is 0. The highest BCUT2D eigenvalue weighted by atomic mass is 14.6. The fourth-order valence-electron chi connectivity index (χ4n) is 2.88. The molecule has 0 saturated heterocycles. The van der Waals surface area contributed by atoms with E-state index >= 15 is 0 Å². The van der Waals surface area contributed by atoms with Gasteiger partial charge in [-0.2, -0.15) is 0 Å². The Balaban J connectivity index is 1.86. The van der Waals surface area contributed by atoms with Gasteiger partial charge in [0.05, 0.1) is 0 Å². The van der Waals surface area contributed by atoms with E-state index in [9.17, 15) is 0 Å². The lowest BCUT2D eigenvalue weighted by atomic mass is 10.00. The Morgan fingerprint density at radius 2 is 2.00 bits per heavy atom. The van der Waals surface area contributed by atoms with Gasteiger partial charge < -0.3 is 0 Å². The molecule has 1 atom stereocenters. The van der Waals surface area contributed by atoms with Gasteiger partial charge in [-0.15, -0.1) is 0 Å². The van der Waals surface area contributed by atoms with E-state index < -0.39 is 0 Å². The molecule has 0 heteroatoms. The fourth-order valence-corrected chi connectivity index (χ4v) is 2.88. The Hall–Kier alpha value is 0. The van der Waals surface area contributed by atoms with Crippen LogP contribution >= 0.6 is 0 Å². The van der Waals surface area contributed by atoms with Crippen LogP contribution in [-0.4, -0.2) is 0 Å². The molecule has 0 aromatic heterocycles. The van der Waals surface area contributed by atoms with Crippen LogP contribution < -0.4 is 0 Å². The minimum Gasteiger partial charge on any atom is -0.0654 e. The Labute approximate surface area is 64.0 Å². The van der Waals surface area contributed by atoms with Gasteiger partial charge in [-0.25, -0.2) is 0 Å². The molecule has 2 fully saturated rings. The second-order valence-corrected chi connectivity index (χ2v) is 4.26. The molecule has 0 radical (unpaired) electrons. The first-order valence-corrected chi connectivity index (χ1v) is 4.87. The van der Waals surface area contributed by atoms with E-state index in [0.717, 1.165) is 11.3 Å². The maximum Gasteiger partial charge on any atom is -0.0266 e. The SMILES string of the molecule is CCCC1CC12CCCC2. The Morgan fingerprint density at radius 3 is 2.60 bits per heavy atom. The molecule has 1 spiro atoms. The number of hydrogen-bond donors (Lipinski definition) is 0. The van der Waals surface area contributed by atoms with Crippen LogP contribution in [0.3, 0.4) is 0 Å². The third kappa shape index (κ3) is 0.889. The monoisotopic (exact) mass is 138 g/mol. The zero-order valence-corrected chi connectivity index (χ0v) is 7.03. The van der Waals surface area contributed by atoms with Crippen LogP contribution in [0.25, 0.3) is 0 Å². The summed E-state index contributed by atoms with van der Waals surface area (Å²) < 4.78 is 0. The molecule has 0 aromatic carbocycles. The number of hydrogen-bond acceptors (Lipinski definition) is 0. The molecular formula is C10H18. The summed E-state index contributed by atoms with van der Waals surface area (Å²) in [5.74, 6) is 1.15. The summed E-state index contributed by atoms with van der Waals surface area (Å²) in [4.78, 5) is 0. The lowest BCUT2D eigenvalue weighted by molar-refractivity contribution is 0.452. The molecular weight excluding hydrogens is 120 g/mol. The van der Waals surface area contributed by atoms with E-state index in [1.807, 2.05) is 0 Å². The molecule has 58 valence electrons. The molecule has 0 N–H and O–H groups in total. The summed E-state index contributed by atoms with van der Waals surface area (Å²) in [6.07, 6.45) is 10.7. The molecule has 0 heterocycles. The maximum absolute atomic E-state index is 2.32. The van der Waals surface area contributed by atoms with Crippen LogP contribution in [0.15, 0.2) is 0 Å². The average molecular weight is 138 g/mol. The minimum atomic E-state index is 0.913. The van der Waals surface area contributed by atoms with Crippen LogP contribution in [0.5, 0.6) is 0 Å². The second kappa shape index (κ2) is 2.25. The van der Waals surface area contributed by atoms with E-state index in [1.54, 1.807) is 19.3 Å². The molecule has 1 unspecified atom stereocenters. The smallest absolute Gasteiger partial charge is 0.0266 e. The molecule has 0 bridgehead atoms. The second-order valence-electron chi connectivity index (χ2n) is 4.26. The quantitative estimate of drug-likeness (QED) is 0.549. The van der Waals surface area contributed by atoms with E-state index in [1.165, 1.54) is 25.7 Å². The summed E-state index contributed by atoms with van der Waals surface area (Å²) in [5.41, 5.74) is 0.913. The van der Waals surface area contributed by atoms with Gasteiger partial charge in [0.1, 0.15) is 0 Å². The summed E-state index contributed by atoms with van der Waals surface area (Å²) >= 11 is 0. The first kappa shape index (κ1) is 6.69. The van der Waals surface area contributed by atoms with Gasteiger partial charge in [-0.1, -0.05) is 32.6 Å². The Bertz CT molecular complexity index is 120. The normalized spacial score (nSPS) is 35.1. The highest BCUT2D eigenvalue weighted by Gasteiger charge is 2.53. The van der Waals surface area contributed by atoms with Crippen molar-refractivity contribution < 1.29 is 0 Å². The first-order valence-electron chi connectivity index (χ1n) is 4.87. The van der Waals surface area contributed by atoms with Crippen LogP contribution in [0.4, 0.5) is 0 Å². The van der Waals surface area contributed by atoms with Gasteiger partial charge in [-0.3, -0.25) is 0 Å². The molecule has 0 nitrogen and oxygen atoms in total. The van der Waals surface area contributed by atoms with Crippen molar-refractivity contribution in [2.45, 2.75) is 51.9 Å². The lowest BCUT2D eigenvalue weighted by Crippen LogP contribution is -1.95. The van der Waals surface area contributed by atoms with Crippen molar-refractivity contribution in [3.05, 3.63) is 0 Å². The fraction of sp³-hybridized carbons (Fsp3) is 1.00. The zero-order valence-electron chi connectivity index (χ0n) is 7.03. The molecule has 0 aromatic rings. The van der Waals surface area contributed by atoms with Crippen LogP contribution in [0.2, 0.25) is 0 Å². The van der Waals surface area contributed by atoms with E-state index in [2.05, 4.69) is 6.92 Å². The first-order chi connectivity index (χ1) is 4.87. The predicted octanol–water partition coefficient (Wildman–Crippen LogP) is 3.37. The summed E-state index contributed by atoms with van der Waals surface area (Å²) in [6, 6.07) is 0. The van der Waals surface area contributed by atoms with Gasteiger partial charge in [0.25, 0.3) is 0 Å². The maximum atomic E-state index is 2.32. The van der Waals surface area contributed by atoms with Gasteiger partial charge >= 0.3 is 0 Å². The van der Waals surface area contributed by atoms with Crippen molar-refractivity contribution in [2.75, 3.05) is 0 Å². The van der Waals surface area contributed by atoms with Crippen molar-refractivity contribution in [3.8, 4) is 0 Å². The van der Waals surface area contributed by atoms with Crippen molar-refractivity contribution in [3.63, 3.8) is 0 Å². The minimum absolute atomic E-state index is 0.913. The predicted molar refractivity (Wildman–Crippen MR) is 43.9 cm³/mol. The van der Waals surface area contributed by atoms with Gasteiger partial charge in [0.2, 0.25) is 0 Å². The van der Waals surface area contributed by atoms with E-state index in [-0.39, 0.29) is 0 Å². The summed E-state index contributed by atoms with van der Waals surface area (Å²) in [6.45, 7) is 2.32. The lowest BCUT2D eigenvalue weighted by Gasteiger charge is -2.05. The molecule has 0 amide bonds. The molecule has 10 heavy (non-hydrogen) atoms. The third-order valence-corrected chi connectivity index (χ3v) is 3.60. The topological polar surface area (TPSA) is 0 Å². The Morgan fingerprint density at radius 1 is 1.30 bits per heavy atom. The van der Waals surface area contributed by atoms with Crippen molar-refractivity contribution >= 4 is 0 Å². The van der Waals surface area contributed by atoms with Crippen molar-refractivity contribution in [1.29, 1.82) is 0 Å².